The van der Waals surface area contributed by atoms with Crippen LogP contribution in [0.15, 0.2) is 60.7 Å². The Morgan fingerprint density at radius 2 is 1.00 bits per heavy atom. The minimum Gasteiger partial charge on any atom is -0.507 e. The molecule has 3 rings (SSSR count). The Morgan fingerprint density at radius 3 is 1.60 bits per heavy atom. The van der Waals surface area contributed by atoms with E-state index in [1.807, 2.05) is 36.4 Å². The third-order valence-corrected chi connectivity index (χ3v) is 2.76. The van der Waals surface area contributed by atoms with Crippen molar-refractivity contribution < 1.29 is 20.4 Å². The highest BCUT2D eigenvalue weighted by molar-refractivity contribution is 5.87. The molecule has 102 valence electrons. The van der Waals surface area contributed by atoms with Crippen LogP contribution in [0.25, 0.3) is 10.8 Å². The zero-order chi connectivity index (χ0) is 14.5. The number of para-hydroxylation sites is 1. The summed E-state index contributed by atoms with van der Waals surface area (Å²) < 4.78 is 0. The van der Waals surface area contributed by atoms with Gasteiger partial charge in [0.15, 0.2) is 17.2 Å². The fraction of sp³-hybridized carbons (Fsp3) is 0. The summed E-state index contributed by atoms with van der Waals surface area (Å²) in [5.41, 5.74) is 0. The lowest BCUT2D eigenvalue weighted by Crippen LogP contribution is -1.70. The molecule has 0 saturated heterocycles. The van der Waals surface area contributed by atoms with Crippen molar-refractivity contribution in [1.29, 1.82) is 0 Å². The van der Waals surface area contributed by atoms with E-state index in [4.69, 9.17) is 15.3 Å². The van der Waals surface area contributed by atoms with Crippen LogP contribution < -0.4 is 0 Å². The average Bonchev–Trinajstić information content (AvgIpc) is 2.46. The summed E-state index contributed by atoms with van der Waals surface area (Å²) in [6.45, 7) is 0. The van der Waals surface area contributed by atoms with E-state index in [1.165, 1.54) is 18.2 Å². The van der Waals surface area contributed by atoms with Gasteiger partial charge < -0.3 is 20.4 Å². The molecule has 0 spiro atoms. The second-order valence-corrected chi connectivity index (χ2v) is 4.14. The molecule has 0 aromatic heterocycles. The number of hydrogen-bond donors (Lipinski definition) is 4. The second kappa shape index (κ2) is 5.84. The van der Waals surface area contributed by atoms with E-state index in [0.29, 0.717) is 5.75 Å². The normalized spacial score (nSPS) is 9.80. The summed E-state index contributed by atoms with van der Waals surface area (Å²) in [7, 11) is 0. The minimum absolute atomic E-state index is 0.310. The van der Waals surface area contributed by atoms with E-state index in [9.17, 15) is 5.11 Å². The molecule has 4 heteroatoms. The largest absolute Gasteiger partial charge is 0.507 e. The Bertz CT molecular complexity index is 697. The number of fused-ring (bicyclic) bond motifs is 1. The number of phenols is 4. The van der Waals surface area contributed by atoms with Crippen molar-refractivity contribution in [2.75, 3.05) is 0 Å². The molecule has 0 atom stereocenters. The van der Waals surface area contributed by atoms with Crippen LogP contribution >= 0.6 is 0 Å². The predicted octanol–water partition coefficient (Wildman–Crippen LogP) is 3.35. The smallest absolute Gasteiger partial charge is 0.200 e. The highest BCUT2D eigenvalue weighted by atomic mass is 16.3. The van der Waals surface area contributed by atoms with Gasteiger partial charge in [-0.25, -0.2) is 0 Å². The van der Waals surface area contributed by atoms with Crippen molar-refractivity contribution in [2.45, 2.75) is 0 Å². The second-order valence-electron chi connectivity index (χ2n) is 4.14. The van der Waals surface area contributed by atoms with Crippen molar-refractivity contribution in [3.63, 3.8) is 0 Å². The summed E-state index contributed by atoms with van der Waals surface area (Å²) in [6.07, 6.45) is 0. The average molecular weight is 270 g/mol. The Balaban J connectivity index is 0.000000151. The molecule has 3 aromatic carbocycles. The van der Waals surface area contributed by atoms with Gasteiger partial charge in [-0.1, -0.05) is 42.5 Å². The van der Waals surface area contributed by atoms with Crippen LogP contribution in [-0.4, -0.2) is 20.4 Å². The van der Waals surface area contributed by atoms with E-state index in [2.05, 4.69) is 0 Å². The first kappa shape index (κ1) is 13.5. The molecule has 0 bridgehead atoms. The molecule has 0 amide bonds. The summed E-state index contributed by atoms with van der Waals surface area (Å²) >= 11 is 0. The highest BCUT2D eigenvalue weighted by Crippen LogP contribution is 2.32. The standard InChI is InChI=1S/C10H8O.C6H6O3/c11-10-7-3-5-8-4-1-2-6-9(8)10;7-4-2-1-3-5(8)6(4)9/h1-7,11H;1-3,7-9H. The van der Waals surface area contributed by atoms with Gasteiger partial charge in [-0.2, -0.15) is 0 Å². The molecule has 0 fully saturated rings. The van der Waals surface area contributed by atoms with Crippen LogP contribution in [0.1, 0.15) is 0 Å². The van der Waals surface area contributed by atoms with E-state index in [1.54, 1.807) is 6.07 Å². The topological polar surface area (TPSA) is 80.9 Å². The van der Waals surface area contributed by atoms with E-state index >= 15 is 0 Å². The number of phenolic OH excluding ortho intramolecular Hbond substituents is 4. The molecule has 3 aromatic rings. The molecule has 4 N–H and O–H groups in total. The van der Waals surface area contributed by atoms with E-state index < -0.39 is 5.75 Å². The molecule has 0 radical (unpaired) electrons. The molecule has 0 aliphatic heterocycles. The van der Waals surface area contributed by atoms with Gasteiger partial charge in [0.05, 0.1) is 0 Å². The van der Waals surface area contributed by atoms with Crippen molar-refractivity contribution in [2.24, 2.45) is 0 Å². The van der Waals surface area contributed by atoms with Gasteiger partial charge in [0.1, 0.15) is 5.75 Å². The van der Waals surface area contributed by atoms with Gasteiger partial charge in [-0.3, -0.25) is 0 Å². The maximum Gasteiger partial charge on any atom is 0.200 e. The lowest BCUT2D eigenvalue weighted by Gasteiger charge is -1.97. The third kappa shape index (κ3) is 2.92. The lowest BCUT2D eigenvalue weighted by atomic mass is 10.1. The van der Waals surface area contributed by atoms with Gasteiger partial charge in [0, 0.05) is 5.39 Å². The molecule has 0 aliphatic carbocycles. The molecule has 0 aliphatic rings. The first-order valence-electron chi connectivity index (χ1n) is 5.96. The predicted molar refractivity (Wildman–Crippen MR) is 77.0 cm³/mol. The molecular formula is C16H14O4. The quantitative estimate of drug-likeness (QED) is 0.472. The lowest BCUT2D eigenvalue weighted by molar-refractivity contribution is 0.368. The van der Waals surface area contributed by atoms with Crippen molar-refractivity contribution in [3.05, 3.63) is 60.7 Å². The van der Waals surface area contributed by atoms with Gasteiger partial charge in [0.2, 0.25) is 0 Å². The summed E-state index contributed by atoms with van der Waals surface area (Å²) in [4.78, 5) is 0. The first-order valence-corrected chi connectivity index (χ1v) is 5.96. The Morgan fingerprint density at radius 1 is 0.500 bits per heavy atom. The molecule has 4 nitrogen and oxygen atoms in total. The van der Waals surface area contributed by atoms with Crippen LogP contribution in [-0.2, 0) is 0 Å². The molecule has 0 unspecified atom stereocenters. The Hall–Kier alpha value is -2.88. The van der Waals surface area contributed by atoms with Gasteiger partial charge in [0.25, 0.3) is 0 Å². The van der Waals surface area contributed by atoms with Crippen LogP contribution in [0, 0.1) is 0 Å². The number of benzene rings is 3. The Kier molecular flexibility index (Phi) is 3.96. The number of rotatable bonds is 0. The monoisotopic (exact) mass is 270 g/mol. The summed E-state index contributed by atoms with van der Waals surface area (Å²) in [5, 5.41) is 37.4. The fourth-order valence-corrected chi connectivity index (χ4v) is 1.73. The van der Waals surface area contributed by atoms with Crippen molar-refractivity contribution in [1.82, 2.24) is 0 Å². The first-order chi connectivity index (χ1) is 9.59. The Labute approximate surface area is 115 Å². The molecule has 0 saturated carbocycles. The highest BCUT2D eigenvalue weighted by Gasteiger charge is 2.01. The van der Waals surface area contributed by atoms with Gasteiger partial charge in [-0.15, -0.1) is 0 Å². The maximum absolute atomic E-state index is 9.37. The van der Waals surface area contributed by atoms with Gasteiger partial charge in [-0.05, 0) is 23.6 Å². The van der Waals surface area contributed by atoms with Crippen molar-refractivity contribution >= 4 is 10.8 Å². The number of hydrogen-bond acceptors (Lipinski definition) is 4. The fourth-order valence-electron chi connectivity index (χ4n) is 1.73. The van der Waals surface area contributed by atoms with E-state index in [0.717, 1.165) is 10.8 Å². The van der Waals surface area contributed by atoms with E-state index in [-0.39, 0.29) is 11.5 Å². The maximum atomic E-state index is 9.37. The molecular weight excluding hydrogens is 256 g/mol. The van der Waals surface area contributed by atoms with Crippen LogP contribution in [0.3, 0.4) is 0 Å². The minimum atomic E-state index is -0.475. The molecule has 20 heavy (non-hydrogen) atoms. The third-order valence-electron chi connectivity index (χ3n) is 2.76. The zero-order valence-corrected chi connectivity index (χ0v) is 10.6. The van der Waals surface area contributed by atoms with Crippen LogP contribution in [0.2, 0.25) is 0 Å². The summed E-state index contributed by atoms with van der Waals surface area (Å²) in [6, 6.07) is 17.3. The summed E-state index contributed by atoms with van der Waals surface area (Å²) in [5.74, 6) is -0.745. The molecule has 0 heterocycles. The van der Waals surface area contributed by atoms with Crippen LogP contribution in [0.4, 0.5) is 0 Å². The zero-order valence-electron chi connectivity index (χ0n) is 10.6. The van der Waals surface area contributed by atoms with Crippen LogP contribution in [0.5, 0.6) is 23.0 Å². The van der Waals surface area contributed by atoms with Gasteiger partial charge >= 0.3 is 0 Å². The SMILES string of the molecule is Oc1cccc(O)c1O.Oc1cccc2ccccc12. The van der Waals surface area contributed by atoms with Crippen molar-refractivity contribution in [3.8, 4) is 23.0 Å². The number of aromatic hydroxyl groups is 4.